The minimum absolute atomic E-state index is 0.155. The molecule has 0 bridgehead atoms. The van der Waals surface area contributed by atoms with Gasteiger partial charge in [-0.2, -0.15) is 0 Å². The number of nitrogens with zero attached hydrogens (tertiary/aromatic N) is 1. The summed E-state index contributed by atoms with van der Waals surface area (Å²) in [6.45, 7) is 15.4. The first kappa shape index (κ1) is 18.5. The zero-order valence-electron chi connectivity index (χ0n) is 16.7. The Morgan fingerprint density at radius 2 is 1.69 bits per heavy atom. The molecule has 0 heterocycles. The van der Waals surface area contributed by atoms with Crippen LogP contribution in [0, 0.1) is 12.8 Å². The summed E-state index contributed by atoms with van der Waals surface area (Å²) in [7, 11) is 4.21. The highest BCUT2D eigenvalue weighted by Crippen LogP contribution is 2.32. The normalized spacial score (nSPS) is 13.9. The monoisotopic (exact) mass is 346 g/mol. The van der Waals surface area contributed by atoms with Crippen LogP contribution in [0.4, 0.5) is 5.69 Å². The first-order chi connectivity index (χ1) is 12.2. The molecule has 0 radical (unpaired) electrons. The third-order valence-corrected chi connectivity index (χ3v) is 5.79. The second-order valence-electron chi connectivity index (χ2n) is 7.86. The van der Waals surface area contributed by atoms with Crippen molar-refractivity contribution >= 4 is 40.4 Å². The van der Waals surface area contributed by atoms with Crippen molar-refractivity contribution < 1.29 is 0 Å². The molecule has 2 atom stereocenters. The Morgan fingerprint density at radius 3 is 2.31 bits per heavy atom. The van der Waals surface area contributed by atoms with Gasteiger partial charge in [0.05, 0.1) is 5.69 Å². The van der Waals surface area contributed by atoms with Crippen LogP contribution in [0.3, 0.4) is 0 Å². The Hall–Kier alpha value is -2.32. The molecule has 2 unspecified atom stereocenters. The predicted octanol–water partition coefficient (Wildman–Crippen LogP) is 3.71. The highest BCUT2D eigenvalue weighted by atomic mass is 15.1. The molecule has 3 aromatic rings. The van der Waals surface area contributed by atoms with Crippen molar-refractivity contribution in [3.63, 3.8) is 0 Å². The highest BCUT2D eigenvalue weighted by Gasteiger charge is 2.17. The molecule has 2 N–H and O–H groups in total. The summed E-state index contributed by atoms with van der Waals surface area (Å²) < 4.78 is 0. The van der Waals surface area contributed by atoms with Crippen molar-refractivity contribution in [2.24, 2.45) is 11.7 Å². The molecule has 0 saturated carbocycles. The third kappa shape index (κ3) is 2.89. The van der Waals surface area contributed by atoms with E-state index in [2.05, 4.69) is 83.3 Å². The van der Waals surface area contributed by atoms with Crippen molar-refractivity contribution in [3.8, 4) is 0 Å². The summed E-state index contributed by atoms with van der Waals surface area (Å²) in [5, 5.41) is 7.14. The molecule has 0 amide bonds. The molecule has 0 saturated heterocycles. The van der Waals surface area contributed by atoms with Crippen LogP contribution >= 0.6 is 0 Å². The van der Waals surface area contributed by atoms with Crippen LogP contribution in [0.25, 0.3) is 34.7 Å². The van der Waals surface area contributed by atoms with Gasteiger partial charge in [-0.25, -0.2) is 0 Å². The zero-order valence-corrected chi connectivity index (χ0v) is 16.7. The lowest BCUT2D eigenvalue weighted by Crippen LogP contribution is -2.30. The molecule has 2 heteroatoms. The van der Waals surface area contributed by atoms with Crippen LogP contribution < -0.4 is 21.1 Å². The van der Waals surface area contributed by atoms with Crippen LogP contribution in [-0.4, -0.2) is 20.1 Å². The molecule has 136 valence electrons. The van der Waals surface area contributed by atoms with Gasteiger partial charge in [0, 0.05) is 30.9 Å². The molecule has 0 aliphatic heterocycles. The van der Waals surface area contributed by atoms with Crippen molar-refractivity contribution in [2.45, 2.75) is 33.2 Å². The Kier molecular flexibility index (Phi) is 4.81. The van der Waals surface area contributed by atoms with E-state index in [4.69, 9.17) is 5.73 Å². The SMILES string of the molecule is C=c1c(C)c(CC(C)C(C)N)c(=C)c2c(N(C)C)c3ccccc3cc12. The smallest absolute Gasteiger partial charge is 0.0526 e. The zero-order chi connectivity index (χ0) is 19.2. The first-order valence-corrected chi connectivity index (χ1v) is 9.31. The van der Waals surface area contributed by atoms with E-state index in [1.165, 1.54) is 38.4 Å². The van der Waals surface area contributed by atoms with Gasteiger partial charge < -0.3 is 10.6 Å². The topological polar surface area (TPSA) is 29.3 Å². The largest absolute Gasteiger partial charge is 0.377 e. The van der Waals surface area contributed by atoms with E-state index >= 15 is 0 Å². The van der Waals surface area contributed by atoms with Crippen LogP contribution in [0.5, 0.6) is 0 Å². The summed E-state index contributed by atoms with van der Waals surface area (Å²) >= 11 is 0. The summed E-state index contributed by atoms with van der Waals surface area (Å²) in [6.07, 6.45) is 0.931. The quantitative estimate of drug-likeness (QED) is 0.730. The van der Waals surface area contributed by atoms with Crippen molar-refractivity contribution in [3.05, 3.63) is 51.9 Å². The summed E-state index contributed by atoms with van der Waals surface area (Å²) in [6, 6.07) is 11.0. The number of benzene rings is 3. The number of fused-ring (bicyclic) bond motifs is 2. The van der Waals surface area contributed by atoms with E-state index in [0.29, 0.717) is 5.92 Å². The van der Waals surface area contributed by atoms with Gasteiger partial charge in [-0.3, -0.25) is 0 Å². The van der Waals surface area contributed by atoms with Crippen LogP contribution in [0.2, 0.25) is 0 Å². The van der Waals surface area contributed by atoms with Crippen molar-refractivity contribution in [2.75, 3.05) is 19.0 Å². The van der Waals surface area contributed by atoms with Crippen LogP contribution in [-0.2, 0) is 6.42 Å². The second-order valence-corrected chi connectivity index (χ2v) is 7.86. The summed E-state index contributed by atoms with van der Waals surface area (Å²) in [5.41, 5.74) is 9.91. The Balaban J connectivity index is 2.48. The molecule has 0 aliphatic carbocycles. The maximum atomic E-state index is 6.14. The lowest BCUT2D eigenvalue weighted by molar-refractivity contribution is 0.480. The van der Waals surface area contributed by atoms with E-state index in [1.54, 1.807) is 0 Å². The molecule has 0 fully saturated rings. The number of hydrogen-bond donors (Lipinski definition) is 1. The number of rotatable bonds is 4. The van der Waals surface area contributed by atoms with E-state index in [-0.39, 0.29) is 6.04 Å². The van der Waals surface area contributed by atoms with Crippen molar-refractivity contribution in [1.29, 1.82) is 0 Å². The molecule has 0 spiro atoms. The van der Waals surface area contributed by atoms with Crippen LogP contribution in [0.15, 0.2) is 30.3 Å². The van der Waals surface area contributed by atoms with E-state index in [0.717, 1.165) is 16.9 Å². The fourth-order valence-corrected chi connectivity index (χ4v) is 3.88. The maximum Gasteiger partial charge on any atom is 0.0526 e. The molecule has 3 aromatic carbocycles. The van der Waals surface area contributed by atoms with Gasteiger partial charge in [0.15, 0.2) is 0 Å². The predicted molar refractivity (Wildman–Crippen MR) is 117 cm³/mol. The highest BCUT2D eigenvalue weighted by molar-refractivity contribution is 6.11. The molecule has 2 nitrogen and oxygen atoms in total. The lowest BCUT2D eigenvalue weighted by atomic mass is 9.87. The Bertz CT molecular complexity index is 1080. The van der Waals surface area contributed by atoms with E-state index < -0.39 is 0 Å². The molecular weight excluding hydrogens is 316 g/mol. The average Bonchev–Trinajstić information content (AvgIpc) is 2.61. The summed E-state index contributed by atoms with van der Waals surface area (Å²) in [5.74, 6) is 0.398. The molecule has 0 aromatic heterocycles. The Labute approximate surface area is 156 Å². The Morgan fingerprint density at radius 1 is 1.04 bits per heavy atom. The van der Waals surface area contributed by atoms with Gasteiger partial charge in [0.25, 0.3) is 0 Å². The molecule has 26 heavy (non-hydrogen) atoms. The molecular formula is C24H30N2. The number of nitrogens with two attached hydrogens (primary N) is 1. The van der Waals surface area contributed by atoms with Gasteiger partial charge in [-0.1, -0.05) is 44.3 Å². The van der Waals surface area contributed by atoms with Crippen LogP contribution in [0.1, 0.15) is 25.0 Å². The van der Waals surface area contributed by atoms with E-state index in [9.17, 15) is 0 Å². The minimum atomic E-state index is 0.155. The van der Waals surface area contributed by atoms with E-state index in [1.807, 2.05) is 0 Å². The number of anilines is 1. The van der Waals surface area contributed by atoms with Crippen molar-refractivity contribution in [1.82, 2.24) is 0 Å². The fourth-order valence-electron chi connectivity index (χ4n) is 3.88. The molecule has 3 rings (SSSR count). The second kappa shape index (κ2) is 6.77. The van der Waals surface area contributed by atoms with Gasteiger partial charge in [0.1, 0.15) is 0 Å². The average molecular weight is 347 g/mol. The van der Waals surface area contributed by atoms with Gasteiger partial charge >= 0.3 is 0 Å². The van der Waals surface area contributed by atoms with Gasteiger partial charge in [0.2, 0.25) is 0 Å². The fraction of sp³-hybridized carbons (Fsp3) is 0.333. The summed E-state index contributed by atoms with van der Waals surface area (Å²) in [4.78, 5) is 2.20. The number of hydrogen-bond acceptors (Lipinski definition) is 2. The lowest BCUT2D eigenvalue weighted by Gasteiger charge is -2.23. The van der Waals surface area contributed by atoms with Gasteiger partial charge in [-0.15, -0.1) is 0 Å². The first-order valence-electron chi connectivity index (χ1n) is 9.31. The maximum absolute atomic E-state index is 6.14. The standard InChI is InChI=1S/C24H30N2/c1-14(18(5)25)12-21-15(2)16(3)22-13-19-10-8-9-11-20(19)24(26(6)7)23(22)17(21)4/h8-11,13-14,18H,3-4,12,25H2,1-2,5-7H3. The minimum Gasteiger partial charge on any atom is -0.377 e. The molecule has 0 aliphatic rings. The third-order valence-electron chi connectivity index (χ3n) is 5.79. The van der Waals surface area contributed by atoms with Gasteiger partial charge in [-0.05, 0) is 64.6 Å².